The molecule has 0 spiro atoms. The van der Waals surface area contributed by atoms with Crippen LogP contribution in [0.4, 0.5) is 0 Å². The van der Waals surface area contributed by atoms with Gasteiger partial charge in [-0.15, -0.1) is 0 Å². The molecule has 0 heterocycles. The lowest BCUT2D eigenvalue weighted by Crippen LogP contribution is -2.48. The summed E-state index contributed by atoms with van der Waals surface area (Å²) in [6.45, 7) is 9.46. The number of carbonyl (C=O) groups is 2. The molecule has 4 aromatic rings. The summed E-state index contributed by atoms with van der Waals surface area (Å²) in [4.78, 5) is 28.5. The van der Waals surface area contributed by atoms with E-state index in [4.69, 9.17) is 0 Å². The van der Waals surface area contributed by atoms with Crippen LogP contribution in [0.3, 0.4) is 0 Å². The number of amides is 2. The second-order valence-corrected chi connectivity index (χ2v) is 12.5. The molecule has 0 bridgehead atoms. The Morgan fingerprint density at radius 1 is 0.795 bits per heavy atom. The van der Waals surface area contributed by atoms with Gasteiger partial charge in [-0.1, -0.05) is 112 Å². The average molecular weight is 592 g/mol. The van der Waals surface area contributed by atoms with E-state index in [1.165, 1.54) is 5.56 Å². The van der Waals surface area contributed by atoms with Crippen molar-refractivity contribution in [2.24, 2.45) is 0 Å². The van der Waals surface area contributed by atoms with Crippen molar-refractivity contribution in [2.75, 3.05) is 13.6 Å². The number of benzene rings is 4. The molecule has 0 aliphatic rings. The third-order valence-electron chi connectivity index (χ3n) is 8.11. The first-order valence-corrected chi connectivity index (χ1v) is 15.3. The highest BCUT2D eigenvalue weighted by atomic mass is 16.3. The van der Waals surface area contributed by atoms with Crippen molar-refractivity contribution >= 4 is 11.8 Å². The fourth-order valence-corrected chi connectivity index (χ4v) is 5.19. The molecule has 6 nitrogen and oxygen atoms in total. The molecule has 44 heavy (non-hydrogen) atoms. The van der Waals surface area contributed by atoms with E-state index < -0.39 is 12.1 Å². The lowest BCUT2D eigenvalue weighted by Gasteiger charge is -2.26. The number of carbonyl (C=O) groups excluding carboxylic acids is 2. The zero-order valence-corrected chi connectivity index (χ0v) is 26.5. The van der Waals surface area contributed by atoms with Crippen molar-refractivity contribution in [3.05, 3.63) is 143 Å². The van der Waals surface area contributed by atoms with Gasteiger partial charge in [-0.05, 0) is 59.2 Å². The number of aliphatic hydroxyl groups is 1. The zero-order chi connectivity index (χ0) is 31.7. The van der Waals surface area contributed by atoms with Crippen LogP contribution in [0.15, 0.2) is 109 Å². The fourth-order valence-electron chi connectivity index (χ4n) is 5.19. The van der Waals surface area contributed by atoms with Gasteiger partial charge >= 0.3 is 0 Å². The van der Waals surface area contributed by atoms with E-state index in [0.29, 0.717) is 30.6 Å². The molecular weight excluding hydrogens is 546 g/mol. The monoisotopic (exact) mass is 591 g/mol. The minimum Gasteiger partial charge on any atom is -0.390 e. The zero-order valence-electron chi connectivity index (χ0n) is 26.5. The van der Waals surface area contributed by atoms with Crippen LogP contribution >= 0.6 is 0 Å². The molecule has 2 amide bonds. The molecule has 230 valence electrons. The predicted molar refractivity (Wildman–Crippen MR) is 178 cm³/mol. The lowest BCUT2D eigenvalue weighted by molar-refractivity contribution is 0.0742. The molecule has 0 aromatic heterocycles. The molecule has 0 unspecified atom stereocenters. The van der Waals surface area contributed by atoms with Crippen LogP contribution in [0, 0.1) is 0 Å². The second-order valence-electron chi connectivity index (χ2n) is 12.5. The summed E-state index contributed by atoms with van der Waals surface area (Å²) < 4.78 is 0. The van der Waals surface area contributed by atoms with Gasteiger partial charge in [0.1, 0.15) is 0 Å². The molecule has 0 fully saturated rings. The number of hydrogen-bond acceptors (Lipinski definition) is 4. The highest BCUT2D eigenvalue weighted by molar-refractivity contribution is 5.99. The summed E-state index contributed by atoms with van der Waals surface area (Å²) in [6, 6.07) is 34.2. The smallest absolute Gasteiger partial charge is 0.254 e. The molecule has 4 rings (SSSR count). The first kappa shape index (κ1) is 32.6. The van der Waals surface area contributed by atoms with E-state index in [2.05, 4.69) is 55.7 Å². The summed E-state index contributed by atoms with van der Waals surface area (Å²) in [7, 11) is 1.77. The Morgan fingerprint density at radius 3 is 2.09 bits per heavy atom. The summed E-state index contributed by atoms with van der Waals surface area (Å²) in [5.74, 6) is -0.507. The van der Waals surface area contributed by atoms with Gasteiger partial charge in [0.25, 0.3) is 11.8 Å². The molecular formula is C38H45N3O3. The maximum absolute atomic E-state index is 13.5. The van der Waals surface area contributed by atoms with Crippen LogP contribution in [0.2, 0.25) is 0 Å². The molecule has 3 atom stereocenters. The van der Waals surface area contributed by atoms with Gasteiger partial charge in [0.15, 0.2) is 0 Å². The van der Waals surface area contributed by atoms with E-state index in [0.717, 1.165) is 16.7 Å². The maximum Gasteiger partial charge on any atom is 0.254 e. The van der Waals surface area contributed by atoms with Crippen LogP contribution < -0.4 is 10.6 Å². The third-order valence-corrected chi connectivity index (χ3v) is 8.11. The standard InChI is InChI=1S/C38H45N3O3/c1-27(30-17-10-7-11-18-30)41(5)37(44)32-20-13-19-31(24-32)36(43)40-34(23-28-14-8-6-9-15-28)35(42)26-39-25-29-16-12-21-33(22-29)38(2,3)4/h6-22,24,27,34-35,39,42H,23,25-26H2,1-5H3,(H,40,43)/t27-,34+,35-/m1/s1. The maximum atomic E-state index is 13.5. The van der Waals surface area contributed by atoms with Crippen molar-refractivity contribution in [3.8, 4) is 0 Å². The van der Waals surface area contributed by atoms with Gasteiger partial charge in [0.2, 0.25) is 0 Å². The Balaban J connectivity index is 1.44. The number of aliphatic hydroxyl groups excluding tert-OH is 1. The Bertz CT molecular complexity index is 1520. The predicted octanol–water partition coefficient (Wildman–Crippen LogP) is 6.31. The molecule has 0 radical (unpaired) electrons. The van der Waals surface area contributed by atoms with E-state index in [-0.39, 0.29) is 23.3 Å². The summed E-state index contributed by atoms with van der Waals surface area (Å²) in [5, 5.41) is 17.7. The first-order chi connectivity index (χ1) is 21.0. The lowest BCUT2D eigenvalue weighted by atomic mass is 9.86. The van der Waals surface area contributed by atoms with Gasteiger partial charge in [-0.25, -0.2) is 0 Å². The highest BCUT2D eigenvalue weighted by Gasteiger charge is 2.24. The van der Waals surface area contributed by atoms with Crippen molar-refractivity contribution in [1.29, 1.82) is 0 Å². The molecule has 0 aliphatic carbocycles. The first-order valence-electron chi connectivity index (χ1n) is 15.3. The van der Waals surface area contributed by atoms with E-state index >= 15 is 0 Å². The molecule has 6 heteroatoms. The normalized spacial score (nSPS) is 13.5. The minimum absolute atomic E-state index is 0.0536. The van der Waals surface area contributed by atoms with Gasteiger partial charge in [-0.2, -0.15) is 0 Å². The largest absolute Gasteiger partial charge is 0.390 e. The number of nitrogens with zero attached hydrogens (tertiary/aromatic N) is 1. The van der Waals surface area contributed by atoms with Crippen LogP contribution in [0.25, 0.3) is 0 Å². The van der Waals surface area contributed by atoms with Gasteiger partial charge in [-0.3, -0.25) is 9.59 Å². The number of nitrogens with one attached hydrogen (secondary N) is 2. The molecule has 3 N–H and O–H groups in total. The van der Waals surface area contributed by atoms with Crippen LogP contribution in [0.1, 0.15) is 76.7 Å². The average Bonchev–Trinajstić information content (AvgIpc) is 3.04. The SMILES string of the molecule is C[C@H](c1ccccc1)N(C)C(=O)c1cccc(C(=O)N[C@@H](Cc2ccccc2)[C@H](O)CNCc2cccc(C(C)(C)C)c2)c1. The van der Waals surface area contributed by atoms with Gasteiger partial charge in [0.05, 0.1) is 18.2 Å². The number of hydrogen-bond donors (Lipinski definition) is 3. The van der Waals surface area contributed by atoms with E-state index in [1.54, 1.807) is 36.2 Å². The Hall–Kier alpha value is -4.26. The van der Waals surface area contributed by atoms with Crippen molar-refractivity contribution in [1.82, 2.24) is 15.5 Å². The van der Waals surface area contributed by atoms with Crippen molar-refractivity contribution in [2.45, 2.75) is 64.3 Å². The molecule has 4 aromatic carbocycles. The van der Waals surface area contributed by atoms with Crippen molar-refractivity contribution < 1.29 is 14.7 Å². The van der Waals surface area contributed by atoms with E-state index in [1.807, 2.05) is 67.6 Å². The summed E-state index contributed by atoms with van der Waals surface area (Å²) >= 11 is 0. The van der Waals surface area contributed by atoms with Crippen molar-refractivity contribution in [3.63, 3.8) is 0 Å². The van der Waals surface area contributed by atoms with Crippen LogP contribution in [-0.2, 0) is 18.4 Å². The Labute approximate surface area is 262 Å². The van der Waals surface area contributed by atoms with Gasteiger partial charge in [0, 0.05) is 31.3 Å². The fraction of sp³-hybridized carbons (Fsp3) is 0.316. The molecule has 0 saturated carbocycles. The van der Waals surface area contributed by atoms with Crippen LogP contribution in [-0.4, -0.2) is 47.6 Å². The minimum atomic E-state index is -0.840. The van der Waals surface area contributed by atoms with E-state index in [9.17, 15) is 14.7 Å². The highest BCUT2D eigenvalue weighted by Crippen LogP contribution is 2.23. The second kappa shape index (κ2) is 15.0. The number of rotatable bonds is 12. The quantitative estimate of drug-likeness (QED) is 0.180. The Morgan fingerprint density at radius 2 is 1.41 bits per heavy atom. The van der Waals surface area contributed by atoms with Crippen LogP contribution in [0.5, 0.6) is 0 Å². The molecule has 0 saturated heterocycles. The van der Waals surface area contributed by atoms with Gasteiger partial charge < -0.3 is 20.6 Å². The summed E-state index contributed by atoms with van der Waals surface area (Å²) in [5.41, 5.74) is 5.30. The molecule has 0 aliphatic heterocycles. The third kappa shape index (κ3) is 8.88. The Kier molecular flexibility index (Phi) is 11.1. The topological polar surface area (TPSA) is 81.7 Å². The summed E-state index contributed by atoms with van der Waals surface area (Å²) in [6.07, 6.45) is -0.377.